The molecule has 1 saturated carbocycles. The van der Waals surface area contributed by atoms with E-state index < -0.39 is 34.7 Å². The highest BCUT2D eigenvalue weighted by molar-refractivity contribution is 6.04. The zero-order chi connectivity index (χ0) is 25.1. The van der Waals surface area contributed by atoms with Gasteiger partial charge in [-0.15, -0.1) is 0 Å². The van der Waals surface area contributed by atoms with Crippen molar-refractivity contribution in [1.82, 2.24) is 4.90 Å². The number of fused-ring (bicyclic) bond motifs is 1. The van der Waals surface area contributed by atoms with Crippen molar-refractivity contribution in [1.29, 1.82) is 0 Å². The van der Waals surface area contributed by atoms with E-state index in [-0.39, 0.29) is 50.0 Å². The summed E-state index contributed by atoms with van der Waals surface area (Å²) in [7, 11) is 2.56. The van der Waals surface area contributed by atoms with Crippen molar-refractivity contribution in [2.24, 2.45) is 10.8 Å². The van der Waals surface area contributed by atoms with Crippen LogP contribution in [0.5, 0.6) is 0 Å². The number of likely N-dealkylation sites (tertiary alicyclic amines) is 1. The van der Waals surface area contributed by atoms with Crippen LogP contribution in [-0.2, 0) is 38.1 Å². The first-order valence-corrected chi connectivity index (χ1v) is 11.9. The molecule has 0 aromatic carbocycles. The smallest absolute Gasteiger partial charge is 0.335 e. The van der Waals surface area contributed by atoms with E-state index in [9.17, 15) is 19.2 Å². The Morgan fingerprint density at radius 1 is 0.882 bits per heavy atom. The summed E-state index contributed by atoms with van der Waals surface area (Å²) in [5, 5.41) is 0. The average molecular weight is 478 g/mol. The Labute approximate surface area is 200 Å². The molecule has 0 N–H and O–H groups in total. The van der Waals surface area contributed by atoms with Gasteiger partial charge in [0.25, 0.3) is 0 Å². The van der Waals surface area contributed by atoms with Crippen molar-refractivity contribution in [2.45, 2.75) is 59.3 Å². The Bertz CT molecular complexity index is 909. The van der Waals surface area contributed by atoms with Crippen LogP contribution in [0.3, 0.4) is 0 Å². The van der Waals surface area contributed by atoms with Crippen LogP contribution in [0.25, 0.3) is 0 Å². The van der Waals surface area contributed by atoms with E-state index in [2.05, 4.69) is 4.90 Å². The van der Waals surface area contributed by atoms with Crippen molar-refractivity contribution in [3.05, 3.63) is 22.4 Å². The SMILES string of the molecule is CCOC(=O)C1(C(=O)OCC)CCC2(C)C(=C(N3CCCC3)CC(C(=O)OC)=C2C(=O)OC)C1. The van der Waals surface area contributed by atoms with Gasteiger partial charge in [0, 0.05) is 30.6 Å². The lowest BCUT2D eigenvalue weighted by atomic mass is 9.55. The Hall–Kier alpha value is -2.84. The molecule has 9 heteroatoms. The van der Waals surface area contributed by atoms with Crippen molar-refractivity contribution in [3.63, 3.8) is 0 Å². The Balaban J connectivity index is 2.22. The first kappa shape index (κ1) is 25.8. The van der Waals surface area contributed by atoms with Gasteiger partial charge in [-0.1, -0.05) is 6.92 Å². The maximum atomic E-state index is 13.2. The van der Waals surface area contributed by atoms with Crippen molar-refractivity contribution >= 4 is 23.9 Å². The molecule has 188 valence electrons. The second-order valence-electron chi connectivity index (χ2n) is 9.16. The van der Waals surface area contributed by atoms with Gasteiger partial charge in [-0.3, -0.25) is 9.59 Å². The first-order valence-electron chi connectivity index (χ1n) is 11.9. The van der Waals surface area contributed by atoms with E-state index in [1.54, 1.807) is 13.8 Å². The molecule has 0 spiro atoms. The summed E-state index contributed by atoms with van der Waals surface area (Å²) in [5.41, 5.74) is -0.255. The Morgan fingerprint density at radius 3 is 1.94 bits per heavy atom. The highest BCUT2D eigenvalue weighted by Crippen LogP contribution is 2.58. The number of methoxy groups -OCH3 is 2. The highest BCUT2D eigenvalue weighted by atomic mass is 16.6. The summed E-state index contributed by atoms with van der Waals surface area (Å²) in [5.74, 6) is -2.43. The van der Waals surface area contributed by atoms with Crippen molar-refractivity contribution in [2.75, 3.05) is 40.5 Å². The second-order valence-corrected chi connectivity index (χ2v) is 9.16. The van der Waals surface area contributed by atoms with Gasteiger partial charge in [-0.05, 0) is 51.5 Å². The minimum absolute atomic E-state index is 0.0575. The standard InChI is InChI=1S/C25H35NO8/c1-6-33-22(29)25(23(30)34-7-2)11-10-24(3)17(15-25)18(26-12-8-9-13-26)14-16(20(27)31-4)19(24)21(28)32-5/h6-15H2,1-5H3. The molecule has 3 rings (SSSR count). The molecule has 34 heavy (non-hydrogen) atoms. The number of carbonyl (C=O) groups is 4. The molecular formula is C25H35NO8. The maximum Gasteiger partial charge on any atom is 0.335 e. The lowest BCUT2D eigenvalue weighted by Crippen LogP contribution is -2.50. The molecule has 2 aliphatic carbocycles. The summed E-state index contributed by atoms with van der Waals surface area (Å²) < 4.78 is 20.8. The highest BCUT2D eigenvalue weighted by Gasteiger charge is 2.59. The number of allylic oxidation sites excluding steroid dienone is 2. The van der Waals surface area contributed by atoms with Crippen LogP contribution in [0, 0.1) is 10.8 Å². The molecule has 1 aliphatic heterocycles. The molecule has 0 radical (unpaired) electrons. The quantitative estimate of drug-likeness (QED) is 0.311. The molecule has 1 atom stereocenters. The lowest BCUT2D eigenvalue weighted by molar-refractivity contribution is -0.174. The molecule has 0 aromatic rings. The van der Waals surface area contributed by atoms with E-state index >= 15 is 0 Å². The summed E-state index contributed by atoms with van der Waals surface area (Å²) in [6.07, 6.45) is 2.60. The van der Waals surface area contributed by atoms with Crippen LogP contribution >= 0.6 is 0 Å². The number of hydrogen-bond acceptors (Lipinski definition) is 9. The van der Waals surface area contributed by atoms with Crippen molar-refractivity contribution < 1.29 is 38.1 Å². The van der Waals surface area contributed by atoms with Crippen LogP contribution in [0.2, 0.25) is 0 Å². The maximum absolute atomic E-state index is 13.2. The van der Waals surface area contributed by atoms with E-state index in [0.717, 1.165) is 37.2 Å². The normalized spacial score (nSPS) is 23.9. The topological polar surface area (TPSA) is 108 Å². The van der Waals surface area contributed by atoms with E-state index in [4.69, 9.17) is 18.9 Å². The van der Waals surface area contributed by atoms with Gasteiger partial charge < -0.3 is 23.8 Å². The van der Waals surface area contributed by atoms with Gasteiger partial charge in [-0.25, -0.2) is 9.59 Å². The zero-order valence-electron chi connectivity index (χ0n) is 20.8. The number of carbonyl (C=O) groups excluding carboxylic acids is 4. The fourth-order valence-electron chi connectivity index (χ4n) is 5.60. The average Bonchev–Trinajstić information content (AvgIpc) is 3.36. The third-order valence-corrected chi connectivity index (χ3v) is 7.38. The van der Waals surface area contributed by atoms with Crippen LogP contribution < -0.4 is 0 Å². The number of ether oxygens (including phenoxy) is 4. The van der Waals surface area contributed by atoms with Crippen LogP contribution in [0.4, 0.5) is 0 Å². The molecule has 3 aliphatic rings. The summed E-state index contributed by atoms with van der Waals surface area (Å²) in [6, 6.07) is 0. The second kappa shape index (κ2) is 10.2. The fraction of sp³-hybridized carbons (Fsp3) is 0.680. The van der Waals surface area contributed by atoms with E-state index in [1.165, 1.54) is 14.2 Å². The number of esters is 4. The van der Waals surface area contributed by atoms with Gasteiger partial charge in [0.05, 0.1) is 38.6 Å². The number of rotatable bonds is 7. The third-order valence-electron chi connectivity index (χ3n) is 7.38. The molecular weight excluding hydrogens is 442 g/mol. The minimum Gasteiger partial charge on any atom is -0.466 e. The van der Waals surface area contributed by atoms with Crippen LogP contribution in [-0.4, -0.2) is 69.3 Å². The van der Waals surface area contributed by atoms with Gasteiger partial charge in [0.15, 0.2) is 5.41 Å². The summed E-state index contributed by atoms with van der Waals surface area (Å²) in [4.78, 5) is 54.4. The summed E-state index contributed by atoms with van der Waals surface area (Å²) in [6.45, 7) is 7.13. The molecule has 1 unspecified atom stereocenters. The Kier molecular flexibility index (Phi) is 7.73. The van der Waals surface area contributed by atoms with Gasteiger partial charge in [0.1, 0.15) is 0 Å². The predicted molar refractivity (Wildman–Crippen MR) is 121 cm³/mol. The zero-order valence-corrected chi connectivity index (χ0v) is 20.8. The molecule has 0 bridgehead atoms. The van der Waals surface area contributed by atoms with Gasteiger partial charge >= 0.3 is 23.9 Å². The van der Waals surface area contributed by atoms with Crippen LogP contribution in [0.15, 0.2) is 22.4 Å². The molecule has 2 fully saturated rings. The number of nitrogens with zero attached hydrogens (tertiary/aromatic N) is 1. The monoisotopic (exact) mass is 477 g/mol. The first-order chi connectivity index (χ1) is 16.2. The minimum atomic E-state index is -1.50. The van der Waals surface area contributed by atoms with E-state index in [1.807, 2.05) is 6.92 Å². The molecule has 1 saturated heterocycles. The Morgan fingerprint density at radius 2 is 1.44 bits per heavy atom. The van der Waals surface area contributed by atoms with Gasteiger partial charge in [-0.2, -0.15) is 0 Å². The molecule has 0 aromatic heterocycles. The number of hydrogen-bond donors (Lipinski definition) is 0. The largest absolute Gasteiger partial charge is 0.466 e. The van der Waals surface area contributed by atoms with Crippen LogP contribution in [0.1, 0.15) is 59.3 Å². The lowest BCUT2D eigenvalue weighted by Gasteiger charge is -2.49. The van der Waals surface area contributed by atoms with E-state index in [0.29, 0.717) is 0 Å². The molecule has 9 nitrogen and oxygen atoms in total. The molecule has 1 heterocycles. The molecule has 0 amide bonds. The third kappa shape index (κ3) is 4.20. The van der Waals surface area contributed by atoms with Gasteiger partial charge in [0.2, 0.25) is 0 Å². The predicted octanol–water partition coefficient (Wildman–Crippen LogP) is 2.69. The summed E-state index contributed by atoms with van der Waals surface area (Å²) >= 11 is 0. The fourth-order valence-corrected chi connectivity index (χ4v) is 5.60. The van der Waals surface area contributed by atoms with Crippen molar-refractivity contribution in [3.8, 4) is 0 Å².